The lowest BCUT2D eigenvalue weighted by molar-refractivity contribution is -0.123. The van der Waals surface area contributed by atoms with Crippen LogP contribution in [0.4, 0.5) is 38.0 Å². The van der Waals surface area contributed by atoms with Crippen molar-refractivity contribution in [3.63, 3.8) is 0 Å². The average Bonchev–Trinajstić information content (AvgIpc) is 3.91. The number of hydrogen-bond donors (Lipinski definition) is 7. The van der Waals surface area contributed by atoms with Gasteiger partial charge in [-0.1, -0.05) is 30.7 Å². The summed E-state index contributed by atoms with van der Waals surface area (Å²) in [6.07, 6.45) is 13.7. The number of aliphatic imine (C=N–C) groups is 1. The van der Waals surface area contributed by atoms with Gasteiger partial charge in [0.05, 0.1) is 38.7 Å². The predicted octanol–water partition coefficient (Wildman–Crippen LogP) is 6.47. The molecule has 20 heteroatoms. The molecule has 0 bridgehead atoms. The molecule has 6 amide bonds. The molecule has 1 saturated carbocycles. The minimum atomic E-state index is -0.587. The van der Waals surface area contributed by atoms with Crippen molar-refractivity contribution in [2.24, 2.45) is 10.9 Å². The second-order valence-corrected chi connectivity index (χ2v) is 18.0. The Bertz CT molecular complexity index is 2250. The van der Waals surface area contributed by atoms with Crippen LogP contribution in [0.25, 0.3) is 0 Å². The minimum Gasteiger partial charge on any atom is -0.379 e. The van der Waals surface area contributed by atoms with Crippen LogP contribution in [-0.4, -0.2) is 136 Å². The van der Waals surface area contributed by atoms with Gasteiger partial charge >= 0.3 is 6.03 Å². The molecule has 2 aliphatic rings. The number of aromatic nitrogens is 2. The summed E-state index contributed by atoms with van der Waals surface area (Å²) < 4.78 is 31.1. The summed E-state index contributed by atoms with van der Waals surface area (Å²) in [6.45, 7) is 7.78. The van der Waals surface area contributed by atoms with Gasteiger partial charge < -0.3 is 56.3 Å². The molecule has 1 aliphatic carbocycles. The zero-order chi connectivity index (χ0) is 51.2. The molecule has 1 aliphatic heterocycles. The van der Waals surface area contributed by atoms with E-state index in [0.29, 0.717) is 108 Å². The summed E-state index contributed by atoms with van der Waals surface area (Å²) in [4.78, 5) is 75.2. The van der Waals surface area contributed by atoms with Crippen LogP contribution < -0.4 is 37.2 Å². The van der Waals surface area contributed by atoms with Crippen LogP contribution in [0.2, 0.25) is 0 Å². The van der Waals surface area contributed by atoms with Crippen LogP contribution in [0.5, 0.6) is 0 Å². The summed E-state index contributed by atoms with van der Waals surface area (Å²) >= 11 is 0. The lowest BCUT2D eigenvalue weighted by Gasteiger charge is -2.14. The Kier molecular flexibility index (Phi) is 25.6. The molecule has 1 aromatic heterocycles. The van der Waals surface area contributed by atoms with Crippen molar-refractivity contribution in [1.82, 2.24) is 36.1 Å². The first-order valence-corrected chi connectivity index (χ1v) is 25.3. The Morgan fingerprint density at radius 2 is 1.38 bits per heavy atom. The highest BCUT2D eigenvalue weighted by atomic mass is 19.1. The van der Waals surface area contributed by atoms with Gasteiger partial charge in [-0.15, -0.1) is 0 Å². The number of ether oxygens (including phenoxy) is 3. The lowest BCUT2D eigenvalue weighted by Crippen LogP contribution is -2.29. The second-order valence-electron chi connectivity index (χ2n) is 18.0. The monoisotopic (exact) mass is 1000 g/mol. The van der Waals surface area contributed by atoms with E-state index in [-0.39, 0.29) is 60.3 Å². The number of anilines is 5. The number of carbonyl (C=O) groups excluding carboxylic acids is 5. The first-order chi connectivity index (χ1) is 35.0. The Balaban J connectivity index is 0.756. The number of unbranched alkanes of at least 4 members (excludes halogenated alkanes) is 2. The standard InChI is InChI=1S/C52H74FN11O8/c1-38-13-7-15-40(35-38)59-50-43(53)37-57-51(63-50)60-42-17-8-16-41(36-42)58-48(68)21-10-28-64(2)27-6-5-24-54-46(66)19-9-20-47(67)56-26-12-30-71-32-34-72-33-31-70-29-11-25-55-45(65)18-4-3-14-39-22-23-44-49(39)62-52(69)61-44/h7-8,10,13,15-17,21,35-37,39,44H,3-6,9,11-12,14,18-20,22-34H2,1-2H3,(H,54,66)(H,55,65)(H,56,67)(H,58,68)(H,61,69)(H2,57,59,60,63)/b21-10+/t39-,44+/m1/s1. The number of likely N-dealkylation sites (N-methyl/N-ethyl adjacent to an activating group) is 1. The number of hydrogen-bond acceptors (Lipinski definition) is 13. The van der Waals surface area contributed by atoms with Crippen molar-refractivity contribution in [3.8, 4) is 0 Å². The van der Waals surface area contributed by atoms with E-state index in [2.05, 4.69) is 57.1 Å². The van der Waals surface area contributed by atoms with Crippen LogP contribution in [0.1, 0.15) is 89.0 Å². The predicted molar refractivity (Wildman–Crippen MR) is 276 cm³/mol. The molecule has 2 atom stereocenters. The molecule has 392 valence electrons. The van der Waals surface area contributed by atoms with E-state index in [0.717, 1.165) is 75.4 Å². The molecule has 5 rings (SSSR count). The fourth-order valence-corrected chi connectivity index (χ4v) is 8.08. The van der Waals surface area contributed by atoms with E-state index in [9.17, 15) is 28.4 Å². The van der Waals surface area contributed by atoms with Gasteiger partial charge in [-0.05, 0) is 120 Å². The van der Waals surface area contributed by atoms with Gasteiger partial charge in [0.2, 0.25) is 29.6 Å². The van der Waals surface area contributed by atoms with E-state index >= 15 is 0 Å². The van der Waals surface area contributed by atoms with Gasteiger partial charge in [-0.3, -0.25) is 19.2 Å². The maximum atomic E-state index is 14.4. The van der Waals surface area contributed by atoms with E-state index in [4.69, 9.17) is 14.2 Å². The first kappa shape index (κ1) is 56.6. The minimum absolute atomic E-state index is 0.0368. The zero-order valence-electron chi connectivity index (χ0n) is 41.9. The third-order valence-corrected chi connectivity index (χ3v) is 11.8. The van der Waals surface area contributed by atoms with Crippen LogP contribution in [0, 0.1) is 18.7 Å². The molecular weight excluding hydrogens is 926 g/mol. The lowest BCUT2D eigenvalue weighted by atomic mass is 9.98. The molecule has 0 unspecified atom stereocenters. The van der Waals surface area contributed by atoms with Crippen molar-refractivity contribution in [2.75, 3.05) is 95.4 Å². The van der Waals surface area contributed by atoms with E-state index < -0.39 is 5.82 Å². The molecule has 3 aromatic rings. The van der Waals surface area contributed by atoms with Gasteiger partial charge in [-0.2, -0.15) is 4.98 Å². The van der Waals surface area contributed by atoms with E-state index in [1.54, 1.807) is 30.3 Å². The summed E-state index contributed by atoms with van der Waals surface area (Å²) in [5.41, 5.74) is 3.92. The van der Waals surface area contributed by atoms with Crippen molar-refractivity contribution in [3.05, 3.63) is 78.3 Å². The number of nitrogens with zero attached hydrogens (tertiary/aromatic N) is 4. The van der Waals surface area contributed by atoms with Crippen molar-refractivity contribution < 1.29 is 42.6 Å². The summed E-state index contributed by atoms with van der Waals surface area (Å²) in [7, 11) is 1.96. The molecule has 0 spiro atoms. The average molecular weight is 1000 g/mol. The van der Waals surface area contributed by atoms with E-state index in [1.165, 1.54) is 6.08 Å². The molecule has 2 aromatic carbocycles. The SMILES string of the molecule is Cc1cccc(Nc2nc(Nc3cccc(NC(=O)/C=C/CN(C)CCCCNC(=O)CCCC(=O)NCCCOCCOCCOCCCNC(=O)CCCC[C@@H]4CC[C@@H]5NC(=O)N=C45)c3)ncc2F)c1. The largest absolute Gasteiger partial charge is 0.379 e. The van der Waals surface area contributed by atoms with Crippen molar-refractivity contribution in [2.45, 2.75) is 96.4 Å². The number of halogens is 1. The van der Waals surface area contributed by atoms with Crippen LogP contribution in [0.3, 0.4) is 0 Å². The number of fused-ring (bicyclic) bond motifs is 1. The third kappa shape index (κ3) is 22.8. The molecule has 7 N–H and O–H groups in total. The fraction of sp³-hybridized carbons (Fsp3) is 0.538. The van der Waals surface area contributed by atoms with Crippen molar-refractivity contribution >= 4 is 64.2 Å². The maximum Gasteiger partial charge on any atom is 0.341 e. The van der Waals surface area contributed by atoms with Crippen molar-refractivity contribution in [1.29, 1.82) is 0 Å². The molecule has 0 saturated heterocycles. The Morgan fingerprint density at radius 1 is 0.750 bits per heavy atom. The Labute approximate surface area is 422 Å². The molecule has 1 fully saturated rings. The normalized spacial score (nSPS) is 15.0. The number of amides is 6. The van der Waals surface area contributed by atoms with Gasteiger partial charge in [0, 0.05) is 87.5 Å². The summed E-state index contributed by atoms with van der Waals surface area (Å²) in [5, 5.41) is 20.5. The van der Waals surface area contributed by atoms with E-state index in [1.807, 2.05) is 38.2 Å². The number of carbonyl (C=O) groups is 5. The van der Waals surface area contributed by atoms with Crippen LogP contribution in [0.15, 0.2) is 71.9 Å². The van der Waals surface area contributed by atoms with Crippen LogP contribution >= 0.6 is 0 Å². The van der Waals surface area contributed by atoms with Gasteiger partial charge in [0.15, 0.2) is 11.6 Å². The summed E-state index contributed by atoms with van der Waals surface area (Å²) in [6, 6.07) is 14.5. The van der Waals surface area contributed by atoms with Gasteiger partial charge in [-0.25, -0.2) is 19.2 Å². The smallest absolute Gasteiger partial charge is 0.341 e. The molecule has 2 heterocycles. The second kappa shape index (κ2) is 32.6. The third-order valence-electron chi connectivity index (χ3n) is 11.8. The Morgan fingerprint density at radius 3 is 2.07 bits per heavy atom. The Hall–Kier alpha value is -6.35. The summed E-state index contributed by atoms with van der Waals surface area (Å²) in [5.74, 6) is -0.387. The zero-order valence-corrected chi connectivity index (χ0v) is 41.9. The molecule has 72 heavy (non-hydrogen) atoms. The first-order valence-electron chi connectivity index (χ1n) is 25.3. The van der Waals surface area contributed by atoms with Crippen LogP contribution in [-0.2, 0) is 33.4 Å². The highest BCUT2D eigenvalue weighted by Gasteiger charge is 2.37. The number of rotatable bonds is 36. The molecule has 0 radical (unpaired) electrons. The quantitative estimate of drug-likeness (QED) is 0.0245. The van der Waals surface area contributed by atoms with Gasteiger partial charge in [0.1, 0.15) is 0 Å². The fourth-order valence-electron chi connectivity index (χ4n) is 8.08. The highest BCUT2D eigenvalue weighted by Crippen LogP contribution is 2.30. The number of nitrogens with one attached hydrogen (secondary N) is 7. The topological polar surface area (TPSA) is 239 Å². The molecule has 19 nitrogen and oxygen atoms in total. The van der Waals surface area contributed by atoms with Gasteiger partial charge in [0.25, 0.3) is 0 Å². The maximum absolute atomic E-state index is 14.4. The highest BCUT2D eigenvalue weighted by molar-refractivity contribution is 6.07. The molecular formula is C52H74FN11O8. The number of urea groups is 1. The number of benzene rings is 2. The number of aryl methyl sites for hydroxylation is 1.